The molecule has 9 nitrogen and oxygen atoms in total. The van der Waals surface area contributed by atoms with Gasteiger partial charge in [-0.1, -0.05) is 60.7 Å². The molecule has 11 heteroatoms. The highest BCUT2D eigenvalue weighted by Crippen LogP contribution is 2.52. The largest absolute Gasteiger partial charge is 0.506 e. The summed E-state index contributed by atoms with van der Waals surface area (Å²) in [5, 5.41) is 11.4. The first-order chi connectivity index (χ1) is 26.7. The maximum Gasteiger partial charge on any atom is 0.347 e. The lowest BCUT2D eigenvalue weighted by Gasteiger charge is -2.29. The van der Waals surface area contributed by atoms with E-state index in [9.17, 15) is 14.7 Å². The number of hydrogen-bond acceptors (Lipinski definition) is 8. The second-order valence-electron chi connectivity index (χ2n) is 14.6. The van der Waals surface area contributed by atoms with Crippen molar-refractivity contribution >= 4 is 11.7 Å². The van der Waals surface area contributed by atoms with Gasteiger partial charge in [-0.25, -0.2) is 13.6 Å². The van der Waals surface area contributed by atoms with E-state index in [4.69, 9.17) is 14.2 Å². The minimum absolute atomic E-state index is 0.0327. The highest BCUT2D eigenvalue weighted by molar-refractivity contribution is 5.94. The topological polar surface area (TPSA) is 93.5 Å². The molecular weight excluding hydrogens is 704 g/mol. The van der Waals surface area contributed by atoms with Gasteiger partial charge in [-0.3, -0.25) is 9.69 Å². The van der Waals surface area contributed by atoms with Gasteiger partial charge >= 0.3 is 5.97 Å². The molecule has 3 atom stereocenters. The van der Waals surface area contributed by atoms with Crippen molar-refractivity contribution in [3.8, 4) is 28.5 Å². The van der Waals surface area contributed by atoms with Crippen molar-refractivity contribution in [2.75, 3.05) is 39.3 Å². The van der Waals surface area contributed by atoms with Gasteiger partial charge in [0.25, 0.3) is 5.56 Å². The summed E-state index contributed by atoms with van der Waals surface area (Å²) >= 11 is 0. The van der Waals surface area contributed by atoms with Crippen LogP contribution in [0.2, 0.25) is 0 Å². The number of nitrogens with zero attached hydrogens (tertiary/aromatic N) is 3. The summed E-state index contributed by atoms with van der Waals surface area (Å²) in [7, 11) is 4.10. The van der Waals surface area contributed by atoms with Gasteiger partial charge in [0, 0.05) is 55.0 Å². The summed E-state index contributed by atoms with van der Waals surface area (Å²) in [6.45, 7) is 2.60. The number of halogens is 2. The first kappa shape index (κ1) is 36.3. The van der Waals surface area contributed by atoms with Gasteiger partial charge in [0.05, 0.1) is 39.3 Å². The van der Waals surface area contributed by atoms with E-state index in [1.807, 2.05) is 41.3 Å². The molecule has 2 fully saturated rings. The van der Waals surface area contributed by atoms with Gasteiger partial charge in [-0.2, -0.15) is 0 Å². The van der Waals surface area contributed by atoms with Crippen LogP contribution in [-0.2, 0) is 37.2 Å². The molecule has 8 rings (SSSR count). The van der Waals surface area contributed by atoms with E-state index in [1.165, 1.54) is 29.9 Å². The number of pyridine rings is 1. The van der Waals surface area contributed by atoms with Crippen molar-refractivity contribution in [2.24, 2.45) is 11.8 Å². The Balaban J connectivity index is 1.15. The average Bonchev–Trinajstić information content (AvgIpc) is 3.78. The SMILES string of the molecule is COC(=O)c1c(O)c2c(n(Cc3ccc(OC)cc3OC)c1=O)-c1c(cc(N3C[C@@H]4C(N(Cc5ccccc5)Cc5ccccc5)[C@@H]4C3)c(F)c1F)CCC2. The minimum atomic E-state index is -1.09. The van der Waals surface area contributed by atoms with Crippen molar-refractivity contribution < 1.29 is 32.9 Å². The monoisotopic (exact) mass is 747 g/mol. The van der Waals surface area contributed by atoms with Crippen LogP contribution >= 0.6 is 0 Å². The third kappa shape index (κ3) is 6.60. The molecule has 0 bridgehead atoms. The van der Waals surface area contributed by atoms with Crippen molar-refractivity contribution in [2.45, 2.75) is 44.9 Å². The molecule has 0 spiro atoms. The molecule has 1 saturated carbocycles. The van der Waals surface area contributed by atoms with E-state index in [2.05, 4.69) is 29.2 Å². The van der Waals surface area contributed by atoms with Crippen molar-refractivity contribution in [1.29, 1.82) is 0 Å². The van der Waals surface area contributed by atoms with Crippen molar-refractivity contribution in [3.63, 3.8) is 0 Å². The summed E-state index contributed by atoms with van der Waals surface area (Å²) in [5.74, 6) is -2.20. The number of rotatable bonds is 11. The Labute approximate surface area is 318 Å². The molecule has 4 aromatic carbocycles. The van der Waals surface area contributed by atoms with Crippen molar-refractivity contribution in [3.05, 3.63) is 140 Å². The van der Waals surface area contributed by atoms with Crippen LogP contribution in [0.1, 0.15) is 44.6 Å². The summed E-state index contributed by atoms with van der Waals surface area (Å²) in [6.07, 6.45) is 1.04. The summed E-state index contributed by atoms with van der Waals surface area (Å²) in [5.41, 5.74) is 2.38. The third-order valence-corrected chi connectivity index (χ3v) is 11.5. The quantitative estimate of drug-likeness (QED) is 0.145. The zero-order valence-electron chi connectivity index (χ0n) is 31.1. The van der Waals surface area contributed by atoms with Crippen LogP contribution in [0.3, 0.4) is 0 Å². The summed E-state index contributed by atoms with van der Waals surface area (Å²) in [6, 6.07) is 27.8. The molecule has 1 aliphatic heterocycles. The Kier molecular flexibility index (Phi) is 9.81. The predicted molar refractivity (Wildman–Crippen MR) is 205 cm³/mol. The number of piperidine rings is 1. The van der Waals surface area contributed by atoms with Gasteiger partial charge < -0.3 is 28.8 Å². The molecule has 5 aromatic rings. The average molecular weight is 748 g/mol. The van der Waals surface area contributed by atoms with Crippen LogP contribution in [0, 0.1) is 23.5 Å². The van der Waals surface area contributed by atoms with Gasteiger partial charge in [0.15, 0.2) is 17.2 Å². The highest BCUT2D eigenvalue weighted by atomic mass is 19.2. The van der Waals surface area contributed by atoms with Gasteiger partial charge in [0.1, 0.15) is 17.2 Å². The zero-order chi connectivity index (χ0) is 38.4. The molecule has 2 aliphatic carbocycles. The number of benzene rings is 4. The van der Waals surface area contributed by atoms with E-state index in [0.29, 0.717) is 66.4 Å². The number of ether oxygens (including phenoxy) is 3. The molecule has 0 amide bonds. The molecule has 55 heavy (non-hydrogen) atoms. The number of anilines is 1. The number of aromatic nitrogens is 1. The third-order valence-electron chi connectivity index (χ3n) is 11.5. The molecule has 1 saturated heterocycles. The standard InChI is InChI=1S/C44H43F2N3O6/c1-53-30-18-17-29(35(20-30)54-2)23-49-41-31(42(50)37(43(49)51)44(52)55-3)16-10-15-28-19-34(38(45)39(46)36(28)41)47-24-32-33(25-47)40(32)48(21-26-11-6-4-7-12-26)22-27-13-8-5-9-14-27/h4-9,11-14,17-20,32-33,40,50H,10,15-16,21-25H2,1-3H3/t32-,33+,40?. The molecular formula is C44H43F2N3O6. The molecule has 1 unspecified atom stereocenters. The number of esters is 1. The van der Waals surface area contributed by atoms with E-state index in [1.54, 1.807) is 24.3 Å². The van der Waals surface area contributed by atoms with E-state index in [0.717, 1.165) is 20.2 Å². The van der Waals surface area contributed by atoms with Gasteiger partial charge in [0.2, 0.25) is 0 Å². The fraction of sp³-hybridized carbons (Fsp3) is 0.318. The van der Waals surface area contributed by atoms with Crippen LogP contribution in [0.25, 0.3) is 11.3 Å². The molecule has 1 aromatic heterocycles. The molecule has 0 radical (unpaired) electrons. The Morgan fingerprint density at radius 1 is 0.855 bits per heavy atom. The van der Waals surface area contributed by atoms with E-state index >= 15 is 8.78 Å². The maximum atomic E-state index is 16.9. The second kappa shape index (κ2) is 14.9. The maximum absolute atomic E-state index is 16.9. The van der Waals surface area contributed by atoms with E-state index < -0.39 is 34.5 Å². The molecule has 3 aliphatic rings. The van der Waals surface area contributed by atoms with Crippen LogP contribution in [0.4, 0.5) is 14.5 Å². The normalized spacial score (nSPS) is 18.3. The van der Waals surface area contributed by atoms with Gasteiger partial charge in [-0.15, -0.1) is 0 Å². The number of carbonyl (C=O) groups excluding carboxylic acids is 1. The first-order valence-corrected chi connectivity index (χ1v) is 18.6. The Hall–Kier alpha value is -5.68. The Bertz CT molecular complexity index is 2260. The lowest BCUT2D eigenvalue weighted by molar-refractivity contribution is 0.0594. The van der Waals surface area contributed by atoms with Crippen LogP contribution in [0.15, 0.2) is 89.7 Å². The fourth-order valence-corrected chi connectivity index (χ4v) is 8.81. The number of aromatic hydroxyl groups is 1. The van der Waals surface area contributed by atoms with E-state index in [-0.39, 0.29) is 35.5 Å². The lowest BCUT2D eigenvalue weighted by atomic mass is 9.96. The number of hydrogen-bond donors (Lipinski definition) is 1. The number of methoxy groups -OCH3 is 3. The molecule has 284 valence electrons. The molecule has 1 N–H and O–H groups in total. The number of fused-ring (bicyclic) bond motifs is 4. The highest BCUT2D eigenvalue weighted by Gasteiger charge is 2.58. The van der Waals surface area contributed by atoms with Crippen molar-refractivity contribution in [1.82, 2.24) is 9.47 Å². The smallest absolute Gasteiger partial charge is 0.347 e. The Morgan fingerprint density at radius 2 is 1.51 bits per heavy atom. The van der Waals surface area contributed by atoms with Crippen LogP contribution in [0.5, 0.6) is 17.2 Å². The summed E-state index contributed by atoms with van der Waals surface area (Å²) < 4.78 is 50.5. The summed E-state index contributed by atoms with van der Waals surface area (Å²) in [4.78, 5) is 31.5. The van der Waals surface area contributed by atoms with Crippen LogP contribution in [-0.4, -0.2) is 61.0 Å². The first-order valence-electron chi connectivity index (χ1n) is 18.6. The Morgan fingerprint density at radius 3 is 2.11 bits per heavy atom. The fourth-order valence-electron chi connectivity index (χ4n) is 8.81. The van der Waals surface area contributed by atoms with Gasteiger partial charge in [-0.05, 0) is 66.0 Å². The number of aryl methyl sites for hydroxylation is 1. The molecule has 2 heterocycles. The number of carbonyl (C=O) groups is 1. The predicted octanol–water partition coefficient (Wildman–Crippen LogP) is 6.98. The second-order valence-corrected chi connectivity index (χ2v) is 14.6. The lowest BCUT2D eigenvalue weighted by Crippen LogP contribution is -2.35. The van der Waals surface area contributed by atoms with Crippen LogP contribution < -0.4 is 19.9 Å². The zero-order valence-corrected chi connectivity index (χ0v) is 31.1. The minimum Gasteiger partial charge on any atom is -0.506 e.